The van der Waals surface area contributed by atoms with Gasteiger partial charge in [0.05, 0.1) is 12.1 Å². The highest BCUT2D eigenvalue weighted by Crippen LogP contribution is 2.28. The summed E-state index contributed by atoms with van der Waals surface area (Å²) in [7, 11) is 0. The van der Waals surface area contributed by atoms with Crippen molar-refractivity contribution in [2.45, 2.75) is 38.8 Å². The average molecular weight is 366 g/mol. The molecule has 0 spiro atoms. The maximum absolute atomic E-state index is 13.3. The molecule has 1 aliphatic rings. The number of halogens is 1. The molecular weight excluding hydrogens is 343 g/mol. The van der Waals surface area contributed by atoms with Crippen LogP contribution in [-0.4, -0.2) is 23.6 Å². The van der Waals surface area contributed by atoms with E-state index in [1.807, 2.05) is 32.0 Å². The molecule has 1 aliphatic heterocycles. The van der Waals surface area contributed by atoms with E-state index in [2.05, 4.69) is 10.3 Å². The number of aromatic nitrogens is 1. The number of benzene rings is 2. The number of fused-ring (bicyclic) bond motifs is 1. The Morgan fingerprint density at radius 2 is 2.00 bits per heavy atom. The van der Waals surface area contributed by atoms with E-state index in [1.54, 1.807) is 12.1 Å². The van der Waals surface area contributed by atoms with Crippen molar-refractivity contribution in [3.05, 3.63) is 70.7 Å². The third-order valence-electron chi connectivity index (χ3n) is 5.42. The van der Waals surface area contributed by atoms with E-state index < -0.39 is 0 Å². The van der Waals surface area contributed by atoms with Crippen LogP contribution in [0.1, 0.15) is 46.1 Å². The minimum atomic E-state index is -0.301. The SMILES string of the molecule is Cc1[nH]c2ccc(C(=O)N[C@@H](c3ccc(F)cc3)[C@@H]3CCCO3)cc2c1C. The second-order valence-corrected chi connectivity index (χ2v) is 7.19. The zero-order chi connectivity index (χ0) is 19.0. The van der Waals surface area contributed by atoms with E-state index >= 15 is 0 Å². The smallest absolute Gasteiger partial charge is 0.251 e. The number of nitrogens with one attached hydrogen (secondary N) is 2. The number of amides is 1. The molecule has 140 valence electrons. The first-order valence-electron chi connectivity index (χ1n) is 9.30. The van der Waals surface area contributed by atoms with E-state index in [0.29, 0.717) is 12.2 Å². The second kappa shape index (κ2) is 7.16. The molecule has 2 heterocycles. The first kappa shape index (κ1) is 17.7. The van der Waals surface area contributed by atoms with Crippen molar-refractivity contribution in [1.82, 2.24) is 10.3 Å². The minimum Gasteiger partial charge on any atom is -0.376 e. The summed E-state index contributed by atoms with van der Waals surface area (Å²) in [6.07, 6.45) is 1.74. The Hall–Kier alpha value is -2.66. The van der Waals surface area contributed by atoms with Gasteiger partial charge in [-0.05, 0) is 68.1 Å². The molecule has 0 unspecified atom stereocenters. The van der Waals surface area contributed by atoms with Crippen LogP contribution in [0.25, 0.3) is 10.9 Å². The van der Waals surface area contributed by atoms with Gasteiger partial charge in [0, 0.05) is 28.8 Å². The summed E-state index contributed by atoms with van der Waals surface area (Å²) in [5.74, 6) is -0.445. The van der Waals surface area contributed by atoms with Gasteiger partial charge in [0.15, 0.2) is 0 Å². The van der Waals surface area contributed by atoms with Gasteiger partial charge in [0.25, 0.3) is 5.91 Å². The maximum Gasteiger partial charge on any atom is 0.251 e. The van der Waals surface area contributed by atoms with E-state index in [4.69, 9.17) is 4.74 Å². The Morgan fingerprint density at radius 3 is 2.70 bits per heavy atom. The molecule has 5 heteroatoms. The Kier molecular flexibility index (Phi) is 4.70. The quantitative estimate of drug-likeness (QED) is 0.710. The Bertz CT molecular complexity index is 972. The fourth-order valence-electron chi connectivity index (χ4n) is 3.75. The summed E-state index contributed by atoms with van der Waals surface area (Å²) >= 11 is 0. The molecule has 0 aliphatic carbocycles. The number of hydrogen-bond acceptors (Lipinski definition) is 2. The zero-order valence-corrected chi connectivity index (χ0v) is 15.5. The molecular formula is C22H23FN2O2. The van der Waals surface area contributed by atoms with E-state index in [1.165, 1.54) is 12.1 Å². The van der Waals surface area contributed by atoms with Crippen LogP contribution in [0.2, 0.25) is 0 Å². The standard InChI is InChI=1S/C22H23FN2O2/c1-13-14(2)24-19-10-7-16(12-18(13)19)22(26)25-21(20-4-3-11-27-20)15-5-8-17(23)9-6-15/h5-10,12,20-21,24H,3-4,11H2,1-2H3,(H,25,26)/t20-,21-/m0/s1. The normalized spacial score (nSPS) is 18.0. The molecule has 4 rings (SSSR count). The number of carbonyl (C=O) groups excluding carboxylic acids is 1. The fraction of sp³-hybridized carbons (Fsp3) is 0.318. The summed E-state index contributed by atoms with van der Waals surface area (Å²) in [5, 5.41) is 4.16. The van der Waals surface area contributed by atoms with Gasteiger partial charge < -0.3 is 15.0 Å². The van der Waals surface area contributed by atoms with Gasteiger partial charge in [-0.1, -0.05) is 12.1 Å². The molecule has 2 aromatic carbocycles. The third kappa shape index (κ3) is 3.47. The summed E-state index contributed by atoms with van der Waals surface area (Å²) < 4.78 is 19.1. The molecule has 2 N–H and O–H groups in total. The molecule has 1 fully saturated rings. The van der Waals surface area contributed by atoms with Gasteiger partial charge in [-0.15, -0.1) is 0 Å². The van der Waals surface area contributed by atoms with Crippen molar-refractivity contribution in [2.75, 3.05) is 6.61 Å². The van der Waals surface area contributed by atoms with Gasteiger partial charge in [-0.2, -0.15) is 0 Å². The highest BCUT2D eigenvalue weighted by Gasteiger charge is 2.29. The lowest BCUT2D eigenvalue weighted by Gasteiger charge is -2.25. The van der Waals surface area contributed by atoms with Crippen LogP contribution in [0.3, 0.4) is 0 Å². The number of hydrogen-bond donors (Lipinski definition) is 2. The molecule has 0 bridgehead atoms. The average Bonchev–Trinajstić information content (AvgIpc) is 3.29. The molecule has 4 nitrogen and oxygen atoms in total. The number of aromatic amines is 1. The number of rotatable bonds is 4. The molecule has 2 atom stereocenters. The molecule has 3 aromatic rings. The van der Waals surface area contributed by atoms with Gasteiger partial charge in [-0.25, -0.2) is 4.39 Å². The predicted octanol–water partition coefficient (Wildman–Crippen LogP) is 4.57. The van der Waals surface area contributed by atoms with Crippen molar-refractivity contribution >= 4 is 16.8 Å². The van der Waals surface area contributed by atoms with Crippen molar-refractivity contribution in [3.63, 3.8) is 0 Å². The van der Waals surface area contributed by atoms with Gasteiger partial charge in [0.1, 0.15) is 5.82 Å². The Labute approximate surface area is 157 Å². The molecule has 27 heavy (non-hydrogen) atoms. The lowest BCUT2D eigenvalue weighted by atomic mass is 9.98. The Balaban J connectivity index is 1.63. The third-order valence-corrected chi connectivity index (χ3v) is 5.42. The highest BCUT2D eigenvalue weighted by molar-refractivity contribution is 5.99. The molecule has 1 saturated heterocycles. The molecule has 1 aromatic heterocycles. The summed E-state index contributed by atoms with van der Waals surface area (Å²) in [4.78, 5) is 16.3. The van der Waals surface area contributed by atoms with Crippen molar-refractivity contribution in [1.29, 1.82) is 0 Å². The van der Waals surface area contributed by atoms with E-state index in [9.17, 15) is 9.18 Å². The summed E-state index contributed by atoms with van der Waals surface area (Å²) in [5.41, 5.74) is 4.73. The Morgan fingerprint density at radius 1 is 1.22 bits per heavy atom. The first-order chi connectivity index (χ1) is 13.0. The van der Waals surface area contributed by atoms with Crippen LogP contribution in [0.15, 0.2) is 42.5 Å². The minimum absolute atomic E-state index is 0.0978. The lowest BCUT2D eigenvalue weighted by Crippen LogP contribution is -2.36. The van der Waals surface area contributed by atoms with Crippen LogP contribution in [-0.2, 0) is 4.74 Å². The summed E-state index contributed by atoms with van der Waals surface area (Å²) in [6, 6.07) is 11.6. The van der Waals surface area contributed by atoms with Crippen molar-refractivity contribution in [2.24, 2.45) is 0 Å². The first-order valence-corrected chi connectivity index (χ1v) is 9.30. The molecule has 0 radical (unpaired) electrons. The lowest BCUT2D eigenvalue weighted by molar-refractivity contribution is 0.0672. The van der Waals surface area contributed by atoms with Crippen LogP contribution in [0.5, 0.6) is 0 Å². The topological polar surface area (TPSA) is 54.1 Å². The van der Waals surface area contributed by atoms with E-state index in [0.717, 1.165) is 40.6 Å². The van der Waals surface area contributed by atoms with Crippen LogP contribution < -0.4 is 5.32 Å². The number of H-pyrrole nitrogens is 1. The van der Waals surface area contributed by atoms with Crippen LogP contribution in [0.4, 0.5) is 4.39 Å². The van der Waals surface area contributed by atoms with Gasteiger partial charge >= 0.3 is 0 Å². The van der Waals surface area contributed by atoms with Gasteiger partial charge in [-0.3, -0.25) is 4.79 Å². The fourth-order valence-corrected chi connectivity index (χ4v) is 3.75. The number of aryl methyl sites for hydroxylation is 2. The van der Waals surface area contributed by atoms with E-state index in [-0.39, 0.29) is 23.9 Å². The van der Waals surface area contributed by atoms with Crippen molar-refractivity contribution < 1.29 is 13.9 Å². The second-order valence-electron chi connectivity index (χ2n) is 7.19. The zero-order valence-electron chi connectivity index (χ0n) is 15.5. The van der Waals surface area contributed by atoms with Crippen molar-refractivity contribution in [3.8, 4) is 0 Å². The molecule has 0 saturated carbocycles. The van der Waals surface area contributed by atoms with Crippen LogP contribution in [0, 0.1) is 19.7 Å². The number of ether oxygens (including phenoxy) is 1. The molecule has 1 amide bonds. The monoisotopic (exact) mass is 366 g/mol. The predicted molar refractivity (Wildman–Crippen MR) is 103 cm³/mol. The highest BCUT2D eigenvalue weighted by atomic mass is 19.1. The van der Waals surface area contributed by atoms with Crippen LogP contribution >= 0.6 is 0 Å². The number of carbonyl (C=O) groups is 1. The largest absolute Gasteiger partial charge is 0.376 e. The maximum atomic E-state index is 13.3. The summed E-state index contributed by atoms with van der Waals surface area (Å²) in [6.45, 7) is 4.76. The van der Waals surface area contributed by atoms with Gasteiger partial charge in [0.2, 0.25) is 0 Å².